The first kappa shape index (κ1) is 29.2. The second-order valence-corrected chi connectivity index (χ2v) is 12.2. The van der Waals surface area contributed by atoms with Crippen LogP contribution in [0.1, 0.15) is 30.1 Å². The lowest BCUT2D eigenvalue weighted by Gasteiger charge is -2.43. The minimum Gasteiger partial charge on any atom is -0.474 e. The van der Waals surface area contributed by atoms with Gasteiger partial charge < -0.3 is 29.7 Å². The number of halogens is 2. The number of ether oxygens (including phenoxy) is 1. The van der Waals surface area contributed by atoms with E-state index in [0.29, 0.717) is 39.4 Å². The molecule has 4 aromatic rings. The Morgan fingerprint density at radius 2 is 1.93 bits per heavy atom. The molecular weight excluding hydrogens is 589 g/mol. The number of anilines is 3. The van der Waals surface area contributed by atoms with E-state index in [1.807, 2.05) is 22.8 Å². The van der Waals surface area contributed by atoms with Gasteiger partial charge in [-0.25, -0.2) is 4.98 Å². The number of fused-ring (bicyclic) bond motifs is 1. The number of rotatable bonds is 8. The number of likely N-dealkylation sites (N-methyl/N-ethyl adjacent to an activating group) is 1. The van der Waals surface area contributed by atoms with Gasteiger partial charge in [-0.1, -0.05) is 23.2 Å². The highest BCUT2D eigenvalue weighted by Crippen LogP contribution is 2.36. The number of nitrogens with two attached hydrogens (primary N) is 1. The van der Waals surface area contributed by atoms with Crippen LogP contribution in [0.25, 0.3) is 16.6 Å². The second kappa shape index (κ2) is 11.7. The van der Waals surface area contributed by atoms with E-state index in [4.69, 9.17) is 38.7 Å². The van der Waals surface area contributed by atoms with Crippen LogP contribution < -0.4 is 25.7 Å². The third kappa shape index (κ3) is 5.62. The molecule has 0 amide bonds. The van der Waals surface area contributed by atoms with Gasteiger partial charge in [0.25, 0.3) is 0 Å². The summed E-state index contributed by atoms with van der Waals surface area (Å²) in [5, 5.41) is 1.18. The third-order valence-corrected chi connectivity index (χ3v) is 8.90. The van der Waals surface area contributed by atoms with Crippen molar-refractivity contribution in [2.24, 2.45) is 0 Å². The fourth-order valence-electron chi connectivity index (χ4n) is 5.74. The van der Waals surface area contributed by atoms with E-state index >= 15 is 0 Å². The van der Waals surface area contributed by atoms with E-state index < -0.39 is 0 Å². The molecule has 0 spiro atoms. The molecule has 1 atom stereocenters. The van der Waals surface area contributed by atoms with Crippen LogP contribution in [-0.2, 0) is 0 Å². The minimum absolute atomic E-state index is 0.00520. The predicted octanol–water partition coefficient (Wildman–Crippen LogP) is 4.67. The van der Waals surface area contributed by atoms with Crippen LogP contribution in [0.2, 0.25) is 10.0 Å². The van der Waals surface area contributed by atoms with Gasteiger partial charge >= 0.3 is 0 Å². The molecule has 0 saturated carbocycles. The van der Waals surface area contributed by atoms with Crippen LogP contribution in [0.5, 0.6) is 5.88 Å². The Hall–Kier alpha value is -3.86. The standard InChI is InChI=1S/C31H33Cl2N7O3/c1-18(41)23-16-40(19-6-9-29(35-13-19)38-14-21(15-38)37(2)3)26-12-27(25(33)11-22(26)30(23)42)39-10-4-5-20(39)17-43-31-24(32)7-8-28(34)36-31/h6-9,11-13,16,20-21H,4-5,10,14-15,17H2,1-3H3,(H2,34,36)/t20-/m1/s1. The number of benzene rings is 1. The van der Waals surface area contributed by atoms with Crippen LogP contribution in [0.15, 0.2) is 53.6 Å². The molecule has 10 nitrogen and oxygen atoms in total. The molecule has 2 aliphatic rings. The average molecular weight is 623 g/mol. The van der Waals surface area contributed by atoms with Crippen LogP contribution in [0.4, 0.5) is 17.3 Å². The first-order chi connectivity index (χ1) is 20.6. The lowest BCUT2D eigenvalue weighted by molar-refractivity contribution is 0.101. The number of aromatic nitrogens is 3. The second-order valence-electron chi connectivity index (χ2n) is 11.3. The maximum Gasteiger partial charge on any atom is 0.234 e. The number of hydrogen-bond acceptors (Lipinski definition) is 9. The monoisotopic (exact) mass is 621 g/mol. The van der Waals surface area contributed by atoms with Crippen LogP contribution in [0, 0.1) is 0 Å². The van der Waals surface area contributed by atoms with Crippen LogP contribution in [-0.4, -0.2) is 77.6 Å². The smallest absolute Gasteiger partial charge is 0.234 e. The quantitative estimate of drug-likeness (QED) is 0.281. The van der Waals surface area contributed by atoms with Crippen molar-refractivity contribution >= 4 is 57.2 Å². The van der Waals surface area contributed by atoms with Gasteiger partial charge in [0.05, 0.1) is 39.7 Å². The molecular formula is C31H33Cl2N7O3. The molecule has 2 N–H and O–H groups in total. The molecule has 0 unspecified atom stereocenters. The number of nitrogens with zero attached hydrogens (tertiary/aromatic N) is 6. The lowest BCUT2D eigenvalue weighted by atomic mass is 10.1. The van der Waals surface area contributed by atoms with E-state index in [-0.39, 0.29) is 28.7 Å². The van der Waals surface area contributed by atoms with Gasteiger partial charge in [0.15, 0.2) is 11.2 Å². The van der Waals surface area contributed by atoms with Gasteiger partial charge in [-0.15, -0.1) is 0 Å². The predicted molar refractivity (Wildman–Crippen MR) is 172 cm³/mol. The number of ketones is 1. The van der Waals surface area contributed by atoms with Crippen molar-refractivity contribution in [2.45, 2.75) is 31.8 Å². The zero-order chi connectivity index (χ0) is 30.4. The molecule has 6 rings (SSSR count). The first-order valence-electron chi connectivity index (χ1n) is 14.2. The molecule has 1 aromatic carbocycles. The summed E-state index contributed by atoms with van der Waals surface area (Å²) in [6, 6.07) is 11.3. The highest BCUT2D eigenvalue weighted by Gasteiger charge is 2.30. The molecule has 0 aliphatic carbocycles. The maximum absolute atomic E-state index is 13.4. The molecule has 5 heterocycles. The zero-order valence-electron chi connectivity index (χ0n) is 24.3. The van der Waals surface area contributed by atoms with Gasteiger partial charge in [0.2, 0.25) is 5.88 Å². The van der Waals surface area contributed by atoms with Gasteiger partial charge in [0.1, 0.15) is 23.3 Å². The number of carbonyl (C=O) groups excluding carboxylic acids is 1. The van der Waals surface area contributed by atoms with Crippen molar-refractivity contribution in [3.05, 3.63) is 74.6 Å². The highest BCUT2D eigenvalue weighted by atomic mass is 35.5. The van der Waals surface area contributed by atoms with E-state index in [2.05, 4.69) is 33.8 Å². The first-order valence-corrected chi connectivity index (χ1v) is 15.0. The van der Waals surface area contributed by atoms with Crippen molar-refractivity contribution in [1.29, 1.82) is 0 Å². The molecule has 224 valence electrons. The van der Waals surface area contributed by atoms with Gasteiger partial charge in [-0.05, 0) is 70.3 Å². The van der Waals surface area contributed by atoms with Crippen molar-refractivity contribution in [3.63, 3.8) is 0 Å². The summed E-state index contributed by atoms with van der Waals surface area (Å²) in [5.41, 5.74) is 7.70. The van der Waals surface area contributed by atoms with E-state index in [1.54, 1.807) is 30.6 Å². The highest BCUT2D eigenvalue weighted by molar-refractivity contribution is 6.34. The molecule has 2 fully saturated rings. The lowest BCUT2D eigenvalue weighted by Crippen LogP contribution is -2.57. The molecule has 12 heteroatoms. The van der Waals surface area contributed by atoms with Gasteiger partial charge in [-0.3, -0.25) is 9.59 Å². The van der Waals surface area contributed by atoms with Crippen molar-refractivity contribution in [2.75, 3.05) is 55.9 Å². The summed E-state index contributed by atoms with van der Waals surface area (Å²) in [6.07, 6.45) is 5.19. The number of Topliss-reactive ketones (excluding diaryl/α,β-unsaturated/α-hetero) is 1. The van der Waals surface area contributed by atoms with E-state index in [1.165, 1.54) is 6.92 Å². The topological polar surface area (TPSA) is 110 Å². The normalized spacial score (nSPS) is 17.1. The number of carbonyl (C=O) groups is 1. The van der Waals surface area contributed by atoms with E-state index in [0.717, 1.165) is 49.7 Å². The Kier molecular flexibility index (Phi) is 7.93. The Morgan fingerprint density at radius 1 is 1.14 bits per heavy atom. The molecule has 43 heavy (non-hydrogen) atoms. The molecule has 2 saturated heterocycles. The number of nitrogen functional groups attached to an aromatic ring is 1. The number of hydrogen-bond donors (Lipinski definition) is 1. The summed E-state index contributed by atoms with van der Waals surface area (Å²) in [7, 11) is 4.16. The molecule has 3 aromatic heterocycles. The van der Waals surface area contributed by atoms with Crippen LogP contribution in [0.3, 0.4) is 0 Å². The SMILES string of the molecule is CC(=O)c1cn(-c2ccc(N3CC(N(C)C)C3)nc2)c2cc(N3CCC[C@@H]3COc3nc(N)ccc3Cl)c(Cl)cc2c1=O. The van der Waals surface area contributed by atoms with Crippen molar-refractivity contribution in [1.82, 2.24) is 19.4 Å². The molecule has 2 aliphatic heterocycles. The Labute approximate surface area is 259 Å². The zero-order valence-corrected chi connectivity index (χ0v) is 25.8. The largest absolute Gasteiger partial charge is 0.474 e. The van der Waals surface area contributed by atoms with Crippen LogP contribution >= 0.6 is 23.2 Å². The maximum atomic E-state index is 13.4. The Bertz CT molecular complexity index is 1750. The minimum atomic E-state index is -0.351. The summed E-state index contributed by atoms with van der Waals surface area (Å²) < 4.78 is 7.83. The Balaban J connectivity index is 1.36. The van der Waals surface area contributed by atoms with Crippen molar-refractivity contribution < 1.29 is 9.53 Å². The summed E-state index contributed by atoms with van der Waals surface area (Å²) in [6.45, 7) is 4.31. The Morgan fingerprint density at radius 3 is 2.63 bits per heavy atom. The molecule has 0 bridgehead atoms. The van der Waals surface area contributed by atoms with Gasteiger partial charge in [-0.2, -0.15) is 4.98 Å². The third-order valence-electron chi connectivity index (χ3n) is 8.31. The van der Waals surface area contributed by atoms with Gasteiger partial charge in [0, 0.05) is 37.3 Å². The fourth-order valence-corrected chi connectivity index (χ4v) is 6.17. The summed E-state index contributed by atoms with van der Waals surface area (Å²) in [4.78, 5) is 41.4. The summed E-state index contributed by atoms with van der Waals surface area (Å²) in [5.74, 6) is 1.19. The average Bonchev–Trinajstić information content (AvgIpc) is 3.41. The number of pyridine rings is 3. The fraction of sp³-hybridized carbons (Fsp3) is 0.355. The van der Waals surface area contributed by atoms with Crippen molar-refractivity contribution in [3.8, 4) is 11.6 Å². The molecule has 0 radical (unpaired) electrons. The summed E-state index contributed by atoms with van der Waals surface area (Å²) >= 11 is 13.1. The van der Waals surface area contributed by atoms with E-state index in [9.17, 15) is 9.59 Å².